The molecule has 0 atom stereocenters. The normalized spacial score (nSPS) is 12.1. The number of furan rings is 1. The smallest absolute Gasteiger partial charge is 0.188 e. The number of aromatic nitrogens is 2. The van der Waals surface area contributed by atoms with Crippen molar-refractivity contribution in [2.45, 2.75) is 0 Å². The molecule has 0 radical (unpaired) electrons. The predicted molar refractivity (Wildman–Crippen MR) is 227 cm³/mol. The second kappa shape index (κ2) is 10.9. The Balaban J connectivity index is 1.01. The molecule has 4 nitrogen and oxygen atoms in total. The number of hydrogen-bond donors (Lipinski definition) is 0. The summed E-state index contributed by atoms with van der Waals surface area (Å²) in [6, 6.07) is 58.5. The quantitative estimate of drug-likeness (QED) is 0.168. The van der Waals surface area contributed by atoms with Crippen molar-refractivity contribution in [1.29, 1.82) is 0 Å². The van der Waals surface area contributed by atoms with E-state index in [1.807, 2.05) is 23.5 Å². The summed E-state index contributed by atoms with van der Waals surface area (Å²) in [4.78, 5) is 3.71. The van der Waals surface area contributed by atoms with E-state index in [0.717, 1.165) is 60.7 Å². The summed E-state index contributed by atoms with van der Waals surface area (Å²) >= 11 is 1.83. The molecule has 5 heteroatoms. The molecular weight excluding hydrogens is 679 g/mol. The summed E-state index contributed by atoms with van der Waals surface area (Å²) < 4.78 is 13.6. The Morgan fingerprint density at radius 1 is 0.407 bits per heavy atom. The van der Waals surface area contributed by atoms with E-state index in [1.54, 1.807) is 0 Å². The van der Waals surface area contributed by atoms with Gasteiger partial charge in [0, 0.05) is 58.5 Å². The molecule has 0 N–H and O–H groups in total. The van der Waals surface area contributed by atoms with Crippen molar-refractivity contribution in [3.8, 4) is 22.5 Å². The Labute approximate surface area is 312 Å². The van der Waals surface area contributed by atoms with Crippen LogP contribution in [0.3, 0.4) is 0 Å². The van der Waals surface area contributed by atoms with Crippen molar-refractivity contribution in [1.82, 2.24) is 9.13 Å². The lowest BCUT2D eigenvalue weighted by atomic mass is 10.0. The third-order valence-corrected chi connectivity index (χ3v) is 12.3. The number of benzene rings is 8. The molecule has 0 bridgehead atoms. The highest BCUT2D eigenvalue weighted by molar-refractivity contribution is 7.25. The van der Waals surface area contributed by atoms with Crippen LogP contribution in [0.4, 0.5) is 5.69 Å². The van der Waals surface area contributed by atoms with Gasteiger partial charge in [0.15, 0.2) is 5.69 Å². The van der Waals surface area contributed by atoms with E-state index in [0.29, 0.717) is 5.69 Å². The van der Waals surface area contributed by atoms with Crippen molar-refractivity contribution < 1.29 is 4.42 Å². The Morgan fingerprint density at radius 3 is 1.56 bits per heavy atom. The molecule has 12 rings (SSSR count). The monoisotopic (exact) mass is 705 g/mol. The molecular formula is C49H27N3OS. The number of fused-ring (bicyclic) bond motifs is 12. The first-order chi connectivity index (χ1) is 26.7. The molecule has 0 spiro atoms. The van der Waals surface area contributed by atoms with Gasteiger partial charge in [-0.05, 0) is 108 Å². The average Bonchev–Trinajstić information content (AvgIpc) is 3.97. The first kappa shape index (κ1) is 29.4. The van der Waals surface area contributed by atoms with Crippen LogP contribution in [0.15, 0.2) is 168 Å². The van der Waals surface area contributed by atoms with Crippen molar-refractivity contribution in [3.05, 3.63) is 175 Å². The van der Waals surface area contributed by atoms with Crippen molar-refractivity contribution >= 4 is 103 Å². The molecule has 0 fully saturated rings. The van der Waals surface area contributed by atoms with Crippen LogP contribution in [0.25, 0.3) is 113 Å². The molecule has 0 amide bonds. The highest BCUT2D eigenvalue weighted by Crippen LogP contribution is 2.41. The second-order valence-electron chi connectivity index (χ2n) is 14.0. The van der Waals surface area contributed by atoms with Gasteiger partial charge < -0.3 is 13.6 Å². The van der Waals surface area contributed by atoms with Gasteiger partial charge in [0.2, 0.25) is 0 Å². The lowest BCUT2D eigenvalue weighted by Crippen LogP contribution is -1.93. The van der Waals surface area contributed by atoms with Gasteiger partial charge in [-0.3, -0.25) is 0 Å². The third-order valence-electron chi connectivity index (χ3n) is 11.1. The molecule has 0 saturated carbocycles. The van der Waals surface area contributed by atoms with E-state index >= 15 is 0 Å². The van der Waals surface area contributed by atoms with Crippen LogP contribution in [-0.4, -0.2) is 9.13 Å². The summed E-state index contributed by atoms with van der Waals surface area (Å²) in [6.07, 6.45) is 0. The summed E-state index contributed by atoms with van der Waals surface area (Å²) in [6.45, 7) is 7.59. The van der Waals surface area contributed by atoms with Crippen molar-refractivity contribution in [3.63, 3.8) is 0 Å². The van der Waals surface area contributed by atoms with E-state index in [9.17, 15) is 0 Å². The first-order valence-electron chi connectivity index (χ1n) is 18.0. The van der Waals surface area contributed by atoms with Gasteiger partial charge in [0.25, 0.3) is 0 Å². The molecule has 0 aliphatic rings. The number of nitrogens with zero attached hydrogens (tertiary/aromatic N) is 3. The zero-order valence-electron chi connectivity index (χ0n) is 28.7. The van der Waals surface area contributed by atoms with Crippen LogP contribution in [0.2, 0.25) is 0 Å². The maximum Gasteiger partial charge on any atom is 0.188 e. The van der Waals surface area contributed by atoms with Crippen molar-refractivity contribution in [2.75, 3.05) is 0 Å². The molecule has 54 heavy (non-hydrogen) atoms. The number of hydrogen-bond acceptors (Lipinski definition) is 2. The summed E-state index contributed by atoms with van der Waals surface area (Å²) in [5.41, 5.74) is 11.6. The SMILES string of the molecule is [C-]#[N+]c1ccc2c(c1)c1ccccc1n2-c1ccc2sc3ccc(-c4ccc5oc6ccc(-n7c8ccccc8c8ccccc87)cc6c5c4)cc3c2c1. The number of para-hydroxylation sites is 3. The summed E-state index contributed by atoms with van der Waals surface area (Å²) in [5, 5.41) is 9.45. The molecule has 8 aromatic carbocycles. The van der Waals surface area contributed by atoms with Gasteiger partial charge in [0.1, 0.15) is 11.2 Å². The van der Waals surface area contributed by atoms with E-state index in [2.05, 4.69) is 166 Å². The Morgan fingerprint density at radius 2 is 0.889 bits per heavy atom. The van der Waals surface area contributed by atoms with Gasteiger partial charge in [-0.25, -0.2) is 4.85 Å². The van der Waals surface area contributed by atoms with E-state index in [1.165, 1.54) is 47.5 Å². The molecule has 4 heterocycles. The van der Waals surface area contributed by atoms with Crippen LogP contribution in [-0.2, 0) is 0 Å². The minimum Gasteiger partial charge on any atom is -0.456 e. The Hall–Kier alpha value is -7.13. The third kappa shape index (κ3) is 4.11. The summed E-state index contributed by atoms with van der Waals surface area (Å²) in [7, 11) is 0. The molecule has 0 unspecified atom stereocenters. The van der Waals surface area contributed by atoms with Gasteiger partial charge in [-0.15, -0.1) is 11.3 Å². The molecule has 0 aliphatic heterocycles. The fourth-order valence-electron chi connectivity index (χ4n) is 8.68. The lowest BCUT2D eigenvalue weighted by Gasteiger charge is -2.09. The average molecular weight is 706 g/mol. The maximum absolute atomic E-state index is 7.59. The molecule has 4 aromatic heterocycles. The Bertz CT molecular complexity index is 3530. The second-order valence-corrected chi connectivity index (χ2v) is 15.1. The minimum atomic E-state index is 0.655. The zero-order valence-corrected chi connectivity index (χ0v) is 29.6. The van der Waals surface area contributed by atoms with Crippen LogP contribution in [0.5, 0.6) is 0 Å². The van der Waals surface area contributed by atoms with E-state index < -0.39 is 0 Å². The molecule has 250 valence electrons. The minimum absolute atomic E-state index is 0.655. The summed E-state index contributed by atoms with van der Waals surface area (Å²) in [5.74, 6) is 0. The largest absolute Gasteiger partial charge is 0.456 e. The molecule has 0 saturated heterocycles. The highest BCUT2D eigenvalue weighted by atomic mass is 32.1. The van der Waals surface area contributed by atoms with Crippen LogP contribution < -0.4 is 0 Å². The predicted octanol–water partition coefficient (Wildman–Crippen LogP) is 14.4. The zero-order chi connectivity index (χ0) is 35.5. The van der Waals surface area contributed by atoms with E-state index in [-0.39, 0.29) is 0 Å². The highest BCUT2D eigenvalue weighted by Gasteiger charge is 2.17. The fraction of sp³-hybridized carbons (Fsp3) is 0. The van der Waals surface area contributed by atoms with Gasteiger partial charge in [-0.1, -0.05) is 72.8 Å². The number of thiophene rings is 1. The maximum atomic E-state index is 7.59. The van der Waals surface area contributed by atoms with Gasteiger partial charge >= 0.3 is 0 Å². The number of rotatable bonds is 3. The lowest BCUT2D eigenvalue weighted by molar-refractivity contribution is 0.669. The van der Waals surface area contributed by atoms with E-state index in [4.69, 9.17) is 11.0 Å². The standard InChI is InChI=1S/C49H27N3OS/c1-50-31-16-19-45-37(26-31)36-10-4-7-13-44(36)52(45)33-18-23-49-41(28-33)40-25-30(15-22-48(40)54-49)29-14-20-46-38(24-29)39-27-32(17-21-47(39)53-46)51-42-11-5-2-8-34(42)35-9-3-6-12-43(35)51/h2-28H. The van der Waals surface area contributed by atoms with Crippen LogP contribution in [0, 0.1) is 6.57 Å². The Kier molecular flexibility index (Phi) is 5.97. The van der Waals surface area contributed by atoms with Crippen molar-refractivity contribution in [2.24, 2.45) is 0 Å². The van der Waals surface area contributed by atoms with Crippen LogP contribution >= 0.6 is 11.3 Å². The fourth-order valence-corrected chi connectivity index (χ4v) is 9.74. The molecule has 12 aromatic rings. The molecule has 0 aliphatic carbocycles. The van der Waals surface area contributed by atoms with Gasteiger partial charge in [0.05, 0.1) is 28.6 Å². The topological polar surface area (TPSA) is 27.4 Å². The first-order valence-corrected chi connectivity index (χ1v) is 18.8. The van der Waals surface area contributed by atoms with Gasteiger partial charge in [-0.2, -0.15) is 0 Å². The van der Waals surface area contributed by atoms with Crippen LogP contribution in [0.1, 0.15) is 0 Å².